The molecule has 0 atom stereocenters. The lowest BCUT2D eigenvalue weighted by atomic mass is 10.0. The normalized spacial score (nSPS) is 10.2. The van der Waals surface area contributed by atoms with E-state index in [4.69, 9.17) is 16.7 Å². The van der Waals surface area contributed by atoms with Crippen molar-refractivity contribution in [3.05, 3.63) is 47.0 Å². The Morgan fingerprint density at radius 3 is 2.59 bits per heavy atom. The Balaban J connectivity index is 2.72. The van der Waals surface area contributed by atoms with Crippen LogP contribution in [0.4, 0.5) is 0 Å². The molecule has 2 heterocycles. The number of pyridine rings is 2. The first-order chi connectivity index (χ1) is 8.09. The quantitative estimate of drug-likeness (QED) is 0.830. The molecule has 2 aromatic heterocycles. The molecule has 0 bridgehead atoms. The lowest BCUT2D eigenvalue weighted by Gasteiger charge is -2.08. The maximum Gasteiger partial charge on any atom is 0.339 e. The van der Waals surface area contributed by atoms with Gasteiger partial charge in [0, 0.05) is 23.7 Å². The number of carboxylic acid groups (broad SMARTS) is 1. The Morgan fingerprint density at radius 2 is 2.00 bits per heavy atom. The molecule has 86 valence electrons. The second-order valence-electron chi connectivity index (χ2n) is 3.52. The minimum absolute atomic E-state index is 0.00399. The molecule has 0 radical (unpaired) electrons. The van der Waals surface area contributed by atoms with Crippen LogP contribution < -0.4 is 0 Å². The molecule has 2 rings (SSSR count). The summed E-state index contributed by atoms with van der Waals surface area (Å²) in [5.74, 6) is -1.09. The van der Waals surface area contributed by atoms with Gasteiger partial charge in [-0.05, 0) is 30.7 Å². The topological polar surface area (TPSA) is 63.1 Å². The van der Waals surface area contributed by atoms with Gasteiger partial charge in [-0.15, -0.1) is 0 Å². The number of hydrogen-bond acceptors (Lipinski definition) is 3. The monoisotopic (exact) mass is 248 g/mol. The summed E-state index contributed by atoms with van der Waals surface area (Å²) in [5.41, 5.74) is 2.00. The number of carboxylic acids is 1. The lowest BCUT2D eigenvalue weighted by molar-refractivity contribution is 0.0697. The number of carbonyl (C=O) groups is 1. The summed E-state index contributed by atoms with van der Waals surface area (Å²) in [6, 6.07) is 5.17. The van der Waals surface area contributed by atoms with Gasteiger partial charge in [0.05, 0.1) is 0 Å². The molecule has 4 nitrogen and oxygen atoms in total. The third-order valence-corrected chi connectivity index (χ3v) is 2.58. The fraction of sp³-hybridized carbons (Fsp3) is 0.0833. The standard InChI is InChI=1S/C12H9ClN2O2/c1-7-6-9(8-2-4-14-5-3-8)10(12(16)17)11(13)15-7/h2-6H,1H3,(H,16,17). The fourth-order valence-electron chi connectivity index (χ4n) is 1.60. The van der Waals surface area contributed by atoms with Gasteiger partial charge in [0.2, 0.25) is 0 Å². The zero-order valence-electron chi connectivity index (χ0n) is 9.01. The molecule has 0 saturated heterocycles. The van der Waals surface area contributed by atoms with Crippen molar-refractivity contribution in [1.82, 2.24) is 9.97 Å². The van der Waals surface area contributed by atoms with E-state index in [2.05, 4.69) is 9.97 Å². The van der Waals surface area contributed by atoms with Crippen LogP contribution in [0.3, 0.4) is 0 Å². The molecule has 0 saturated carbocycles. The summed E-state index contributed by atoms with van der Waals surface area (Å²) in [4.78, 5) is 19.0. The molecular weight excluding hydrogens is 240 g/mol. The van der Waals surface area contributed by atoms with Crippen LogP contribution >= 0.6 is 11.6 Å². The van der Waals surface area contributed by atoms with Crippen molar-refractivity contribution in [1.29, 1.82) is 0 Å². The second-order valence-corrected chi connectivity index (χ2v) is 3.88. The van der Waals surface area contributed by atoms with Gasteiger partial charge in [0.15, 0.2) is 0 Å². The minimum Gasteiger partial charge on any atom is -0.478 e. The molecule has 17 heavy (non-hydrogen) atoms. The largest absolute Gasteiger partial charge is 0.478 e. The average molecular weight is 249 g/mol. The highest BCUT2D eigenvalue weighted by Gasteiger charge is 2.17. The molecule has 0 aliphatic heterocycles. The first kappa shape index (κ1) is 11.5. The van der Waals surface area contributed by atoms with E-state index < -0.39 is 5.97 Å². The molecule has 0 unspecified atom stereocenters. The van der Waals surface area contributed by atoms with Crippen molar-refractivity contribution in [2.24, 2.45) is 0 Å². The summed E-state index contributed by atoms with van der Waals surface area (Å²) in [6.45, 7) is 1.77. The first-order valence-electron chi connectivity index (χ1n) is 4.90. The Kier molecular flexibility index (Phi) is 3.06. The van der Waals surface area contributed by atoms with Gasteiger partial charge < -0.3 is 5.11 Å². The second kappa shape index (κ2) is 4.51. The third-order valence-electron chi connectivity index (χ3n) is 2.31. The molecule has 0 fully saturated rings. The van der Waals surface area contributed by atoms with Gasteiger partial charge in [-0.1, -0.05) is 11.6 Å². The van der Waals surface area contributed by atoms with Crippen molar-refractivity contribution in [2.45, 2.75) is 6.92 Å². The Bertz CT molecular complexity index is 570. The van der Waals surface area contributed by atoms with Crippen molar-refractivity contribution in [2.75, 3.05) is 0 Å². The summed E-state index contributed by atoms with van der Waals surface area (Å²) < 4.78 is 0. The van der Waals surface area contributed by atoms with E-state index in [1.54, 1.807) is 37.5 Å². The van der Waals surface area contributed by atoms with Crippen LogP contribution in [0, 0.1) is 6.92 Å². The maximum absolute atomic E-state index is 11.2. The van der Waals surface area contributed by atoms with Crippen LogP contribution in [0.5, 0.6) is 0 Å². The number of aryl methyl sites for hydroxylation is 1. The minimum atomic E-state index is -1.09. The predicted molar refractivity (Wildman–Crippen MR) is 64.2 cm³/mol. The molecule has 0 spiro atoms. The van der Waals surface area contributed by atoms with E-state index in [1.807, 2.05) is 0 Å². The molecule has 1 N–H and O–H groups in total. The number of aromatic nitrogens is 2. The van der Waals surface area contributed by atoms with Crippen molar-refractivity contribution in [3.63, 3.8) is 0 Å². The number of halogens is 1. The highest BCUT2D eigenvalue weighted by molar-refractivity contribution is 6.33. The summed E-state index contributed by atoms with van der Waals surface area (Å²) in [6.07, 6.45) is 3.20. The molecular formula is C12H9ClN2O2. The number of aromatic carboxylic acids is 1. The van der Waals surface area contributed by atoms with Gasteiger partial charge in [-0.2, -0.15) is 0 Å². The van der Waals surface area contributed by atoms with Crippen molar-refractivity contribution >= 4 is 17.6 Å². The van der Waals surface area contributed by atoms with Crippen molar-refractivity contribution in [3.8, 4) is 11.1 Å². The molecule has 0 aliphatic carbocycles. The first-order valence-corrected chi connectivity index (χ1v) is 5.28. The van der Waals surface area contributed by atoms with Crippen molar-refractivity contribution < 1.29 is 9.90 Å². The van der Waals surface area contributed by atoms with E-state index in [0.29, 0.717) is 11.3 Å². The molecule has 0 aliphatic rings. The van der Waals surface area contributed by atoms with E-state index in [1.165, 1.54) is 0 Å². The van der Waals surface area contributed by atoms with Crippen LogP contribution in [0.15, 0.2) is 30.6 Å². The summed E-state index contributed by atoms with van der Waals surface area (Å²) in [7, 11) is 0. The highest BCUT2D eigenvalue weighted by atomic mass is 35.5. The van der Waals surface area contributed by atoms with Crippen LogP contribution in [0.1, 0.15) is 16.1 Å². The van der Waals surface area contributed by atoms with Gasteiger partial charge in [0.25, 0.3) is 0 Å². The molecule has 0 amide bonds. The summed E-state index contributed by atoms with van der Waals surface area (Å²) in [5, 5.41) is 9.16. The number of nitrogens with zero attached hydrogens (tertiary/aromatic N) is 2. The lowest BCUT2D eigenvalue weighted by Crippen LogP contribution is -2.03. The molecule has 0 aromatic carbocycles. The third kappa shape index (κ3) is 2.26. The van der Waals surface area contributed by atoms with Gasteiger partial charge in [0.1, 0.15) is 10.7 Å². The Hall–Kier alpha value is -1.94. The Morgan fingerprint density at radius 1 is 1.35 bits per heavy atom. The SMILES string of the molecule is Cc1cc(-c2ccncc2)c(C(=O)O)c(Cl)n1. The van der Waals surface area contributed by atoms with E-state index in [9.17, 15) is 4.79 Å². The van der Waals surface area contributed by atoms with Gasteiger partial charge in [-0.25, -0.2) is 9.78 Å². The maximum atomic E-state index is 11.2. The van der Waals surface area contributed by atoms with Crippen LogP contribution in [0.2, 0.25) is 5.15 Å². The molecule has 5 heteroatoms. The van der Waals surface area contributed by atoms with Crippen LogP contribution in [-0.4, -0.2) is 21.0 Å². The zero-order valence-corrected chi connectivity index (χ0v) is 9.77. The smallest absolute Gasteiger partial charge is 0.339 e. The predicted octanol–water partition coefficient (Wildman–Crippen LogP) is 2.80. The fourth-order valence-corrected chi connectivity index (χ4v) is 1.91. The number of rotatable bonds is 2. The van der Waals surface area contributed by atoms with Crippen LogP contribution in [-0.2, 0) is 0 Å². The van der Waals surface area contributed by atoms with Gasteiger partial charge >= 0.3 is 5.97 Å². The van der Waals surface area contributed by atoms with Gasteiger partial charge in [-0.3, -0.25) is 4.98 Å². The van der Waals surface area contributed by atoms with E-state index in [-0.39, 0.29) is 10.7 Å². The average Bonchev–Trinajstić information content (AvgIpc) is 2.28. The molecule has 2 aromatic rings. The van der Waals surface area contributed by atoms with Crippen LogP contribution in [0.25, 0.3) is 11.1 Å². The van der Waals surface area contributed by atoms with E-state index >= 15 is 0 Å². The highest BCUT2D eigenvalue weighted by Crippen LogP contribution is 2.28. The number of hydrogen-bond donors (Lipinski definition) is 1. The van der Waals surface area contributed by atoms with E-state index in [0.717, 1.165) is 5.56 Å². The summed E-state index contributed by atoms with van der Waals surface area (Å²) >= 11 is 5.87. The zero-order chi connectivity index (χ0) is 12.4. The Labute approximate surface area is 103 Å².